The number of hydrogen-bond donors (Lipinski definition) is 1. The van der Waals surface area contributed by atoms with Gasteiger partial charge in [0.2, 0.25) is 5.91 Å². The smallest absolute Gasteiger partial charge is 0.239 e. The minimum Gasteiger partial charge on any atom is -0.340 e. The molecule has 0 spiro atoms. The van der Waals surface area contributed by atoms with Crippen molar-refractivity contribution in [2.24, 2.45) is 0 Å². The van der Waals surface area contributed by atoms with Gasteiger partial charge in [-0.2, -0.15) is 0 Å². The van der Waals surface area contributed by atoms with Crippen LogP contribution in [0.25, 0.3) is 0 Å². The number of carbonyl (C=O) groups excluding carboxylic acids is 1. The number of piperidine rings is 1. The van der Waals surface area contributed by atoms with Gasteiger partial charge in [0, 0.05) is 18.1 Å². The van der Waals surface area contributed by atoms with E-state index in [-0.39, 0.29) is 11.9 Å². The molecule has 98 valence electrons. The molecular weight excluding hydrogens is 292 g/mol. The van der Waals surface area contributed by atoms with E-state index in [2.05, 4.69) is 21.2 Å². The Morgan fingerprint density at radius 1 is 1.39 bits per heavy atom. The van der Waals surface area contributed by atoms with Crippen LogP contribution < -0.4 is 5.32 Å². The van der Waals surface area contributed by atoms with Crippen molar-refractivity contribution in [1.29, 1.82) is 0 Å². The maximum atomic E-state index is 12.2. The average molecular weight is 311 g/mol. The Bertz CT molecular complexity index is 399. The van der Waals surface area contributed by atoms with Gasteiger partial charge in [0.15, 0.2) is 0 Å². The van der Waals surface area contributed by atoms with E-state index in [1.807, 2.05) is 36.2 Å². The molecule has 1 N–H and O–H groups in total. The van der Waals surface area contributed by atoms with Gasteiger partial charge >= 0.3 is 0 Å². The summed E-state index contributed by atoms with van der Waals surface area (Å²) in [6.45, 7) is 1.63. The maximum Gasteiger partial charge on any atom is 0.239 e. The van der Waals surface area contributed by atoms with Crippen molar-refractivity contribution in [2.75, 3.05) is 13.6 Å². The molecule has 1 aromatic rings. The Hall–Kier alpha value is -0.870. The van der Waals surface area contributed by atoms with E-state index in [0.717, 1.165) is 29.4 Å². The molecule has 1 aromatic carbocycles. The fraction of sp³-hybridized carbons (Fsp3) is 0.500. The average Bonchev–Trinajstić information content (AvgIpc) is 2.41. The highest BCUT2D eigenvalue weighted by Gasteiger charge is 2.23. The van der Waals surface area contributed by atoms with Gasteiger partial charge in [-0.05, 0) is 37.1 Å². The van der Waals surface area contributed by atoms with Gasteiger partial charge in [-0.3, -0.25) is 4.79 Å². The number of hydrogen-bond acceptors (Lipinski definition) is 2. The molecule has 1 heterocycles. The van der Waals surface area contributed by atoms with E-state index in [1.54, 1.807) is 0 Å². The van der Waals surface area contributed by atoms with Crippen molar-refractivity contribution in [3.63, 3.8) is 0 Å². The molecule has 1 aliphatic rings. The molecule has 0 aromatic heterocycles. The molecule has 3 nitrogen and oxygen atoms in total. The third-order valence-corrected chi connectivity index (χ3v) is 3.85. The molecule has 1 aliphatic heterocycles. The predicted molar refractivity (Wildman–Crippen MR) is 76.3 cm³/mol. The van der Waals surface area contributed by atoms with Crippen LogP contribution in [0.15, 0.2) is 28.7 Å². The standard InChI is InChI=1S/C14H19BrN2O/c1-17(10-11-5-7-12(15)8-6-11)14(18)13-4-2-3-9-16-13/h5-8,13,16H,2-4,9-10H2,1H3/t13-/m1/s1. The molecule has 18 heavy (non-hydrogen) atoms. The lowest BCUT2D eigenvalue weighted by Gasteiger charge is -2.27. The van der Waals surface area contributed by atoms with Crippen LogP contribution in [0.5, 0.6) is 0 Å². The normalized spacial score (nSPS) is 19.6. The summed E-state index contributed by atoms with van der Waals surface area (Å²) in [5.74, 6) is 0.206. The topological polar surface area (TPSA) is 32.3 Å². The summed E-state index contributed by atoms with van der Waals surface area (Å²) >= 11 is 3.41. The zero-order valence-electron chi connectivity index (χ0n) is 10.7. The fourth-order valence-electron chi connectivity index (χ4n) is 2.27. The highest BCUT2D eigenvalue weighted by atomic mass is 79.9. The molecule has 0 radical (unpaired) electrons. The molecule has 4 heteroatoms. The first kappa shape index (κ1) is 13.6. The Labute approximate surface area is 117 Å². The highest BCUT2D eigenvalue weighted by Crippen LogP contribution is 2.14. The monoisotopic (exact) mass is 310 g/mol. The largest absolute Gasteiger partial charge is 0.340 e. The van der Waals surface area contributed by atoms with Crippen molar-refractivity contribution >= 4 is 21.8 Å². The van der Waals surface area contributed by atoms with Gasteiger partial charge in [-0.25, -0.2) is 0 Å². The Morgan fingerprint density at radius 2 is 2.11 bits per heavy atom. The molecule has 1 saturated heterocycles. The summed E-state index contributed by atoms with van der Waals surface area (Å²) in [6.07, 6.45) is 3.29. The summed E-state index contributed by atoms with van der Waals surface area (Å²) in [4.78, 5) is 14.0. The number of rotatable bonds is 3. The summed E-state index contributed by atoms with van der Waals surface area (Å²) in [7, 11) is 1.88. The fourth-order valence-corrected chi connectivity index (χ4v) is 2.53. The first-order valence-electron chi connectivity index (χ1n) is 6.39. The maximum absolute atomic E-state index is 12.2. The van der Waals surface area contributed by atoms with E-state index >= 15 is 0 Å². The van der Waals surface area contributed by atoms with E-state index < -0.39 is 0 Å². The van der Waals surface area contributed by atoms with E-state index in [1.165, 1.54) is 6.42 Å². The van der Waals surface area contributed by atoms with Crippen LogP contribution in [-0.4, -0.2) is 30.4 Å². The zero-order chi connectivity index (χ0) is 13.0. The summed E-state index contributed by atoms with van der Waals surface area (Å²) in [5, 5.41) is 3.30. The molecular formula is C14H19BrN2O. The minimum absolute atomic E-state index is 0.0131. The van der Waals surface area contributed by atoms with Crippen molar-refractivity contribution in [1.82, 2.24) is 10.2 Å². The van der Waals surface area contributed by atoms with Gasteiger partial charge < -0.3 is 10.2 Å². The molecule has 2 rings (SSSR count). The molecule has 0 unspecified atom stereocenters. The predicted octanol–water partition coefficient (Wildman–Crippen LogP) is 2.55. The number of nitrogens with one attached hydrogen (secondary N) is 1. The van der Waals surface area contributed by atoms with Gasteiger partial charge in [0.1, 0.15) is 0 Å². The van der Waals surface area contributed by atoms with Crippen molar-refractivity contribution in [3.05, 3.63) is 34.3 Å². The van der Waals surface area contributed by atoms with Crippen LogP contribution in [0.2, 0.25) is 0 Å². The molecule has 0 saturated carbocycles. The van der Waals surface area contributed by atoms with Gasteiger partial charge in [0.25, 0.3) is 0 Å². The Morgan fingerprint density at radius 3 is 2.72 bits per heavy atom. The lowest BCUT2D eigenvalue weighted by atomic mass is 10.0. The quantitative estimate of drug-likeness (QED) is 0.930. The van der Waals surface area contributed by atoms with Crippen LogP contribution in [0, 0.1) is 0 Å². The third kappa shape index (κ3) is 3.56. The number of benzene rings is 1. The molecule has 0 bridgehead atoms. The Balaban J connectivity index is 1.92. The number of halogens is 1. The van der Waals surface area contributed by atoms with E-state index in [9.17, 15) is 4.79 Å². The molecule has 0 aliphatic carbocycles. The van der Waals surface area contributed by atoms with E-state index in [4.69, 9.17) is 0 Å². The third-order valence-electron chi connectivity index (χ3n) is 3.32. The van der Waals surface area contributed by atoms with Crippen LogP contribution >= 0.6 is 15.9 Å². The first-order chi connectivity index (χ1) is 8.66. The second-order valence-electron chi connectivity index (χ2n) is 4.82. The molecule has 1 atom stereocenters. The van der Waals surface area contributed by atoms with Gasteiger partial charge in [0.05, 0.1) is 6.04 Å². The van der Waals surface area contributed by atoms with Gasteiger partial charge in [-0.15, -0.1) is 0 Å². The Kier molecular flexibility index (Phi) is 4.78. The number of amides is 1. The lowest BCUT2D eigenvalue weighted by Crippen LogP contribution is -2.46. The first-order valence-corrected chi connectivity index (χ1v) is 7.19. The van der Waals surface area contributed by atoms with Crippen molar-refractivity contribution < 1.29 is 4.79 Å². The van der Waals surface area contributed by atoms with Crippen LogP contribution in [0.3, 0.4) is 0 Å². The SMILES string of the molecule is CN(Cc1ccc(Br)cc1)C(=O)[C@H]1CCCCN1. The molecule has 1 fully saturated rings. The number of nitrogens with zero attached hydrogens (tertiary/aromatic N) is 1. The van der Waals surface area contributed by atoms with Gasteiger partial charge in [-0.1, -0.05) is 34.5 Å². The highest BCUT2D eigenvalue weighted by molar-refractivity contribution is 9.10. The lowest BCUT2D eigenvalue weighted by molar-refractivity contribution is -0.133. The summed E-state index contributed by atoms with van der Waals surface area (Å²) in [6, 6.07) is 8.11. The second kappa shape index (κ2) is 6.34. The summed E-state index contributed by atoms with van der Waals surface area (Å²) in [5.41, 5.74) is 1.16. The van der Waals surface area contributed by atoms with Crippen LogP contribution in [-0.2, 0) is 11.3 Å². The molecule has 1 amide bonds. The van der Waals surface area contributed by atoms with Crippen molar-refractivity contribution in [3.8, 4) is 0 Å². The van der Waals surface area contributed by atoms with Crippen LogP contribution in [0.4, 0.5) is 0 Å². The minimum atomic E-state index is 0.0131. The van der Waals surface area contributed by atoms with E-state index in [0.29, 0.717) is 6.54 Å². The summed E-state index contributed by atoms with van der Waals surface area (Å²) < 4.78 is 1.06. The van der Waals surface area contributed by atoms with Crippen LogP contribution in [0.1, 0.15) is 24.8 Å². The number of likely N-dealkylation sites (N-methyl/N-ethyl adjacent to an activating group) is 1. The number of carbonyl (C=O) groups is 1. The van der Waals surface area contributed by atoms with Crippen molar-refractivity contribution in [2.45, 2.75) is 31.8 Å². The second-order valence-corrected chi connectivity index (χ2v) is 5.74. The zero-order valence-corrected chi connectivity index (χ0v) is 12.2.